The first-order valence-electron chi connectivity index (χ1n) is 8.02. The van der Waals surface area contributed by atoms with Crippen molar-refractivity contribution < 1.29 is 19.1 Å². The van der Waals surface area contributed by atoms with Gasteiger partial charge in [-0.15, -0.1) is 0 Å². The van der Waals surface area contributed by atoms with Gasteiger partial charge in [-0.1, -0.05) is 26.8 Å². The van der Waals surface area contributed by atoms with E-state index in [0.717, 1.165) is 0 Å². The Morgan fingerprint density at radius 1 is 1.32 bits per heavy atom. The summed E-state index contributed by atoms with van der Waals surface area (Å²) in [4.78, 5) is 31.1. The fourth-order valence-electron chi connectivity index (χ4n) is 2.91. The monoisotopic (exact) mass is 340 g/mol. The van der Waals surface area contributed by atoms with Gasteiger partial charge in [0.15, 0.2) is 11.5 Å². The first kappa shape index (κ1) is 17.0. The predicted octanol–water partition coefficient (Wildman–Crippen LogP) is 3.19. The molecule has 0 aromatic carbocycles. The molecule has 3 heterocycles. The van der Waals surface area contributed by atoms with Crippen molar-refractivity contribution in [3.8, 4) is 0 Å². The van der Waals surface area contributed by atoms with Gasteiger partial charge in [-0.2, -0.15) is 0 Å². The lowest BCUT2D eigenvalue weighted by atomic mass is 9.82. The maximum atomic E-state index is 12.9. The second-order valence-electron chi connectivity index (χ2n) is 7.04. The number of rotatable bonds is 4. The molecule has 6 heteroatoms. The maximum Gasteiger partial charge on any atom is 0.290 e. The first-order valence-corrected chi connectivity index (χ1v) is 8.02. The maximum absolute atomic E-state index is 12.9. The average molecular weight is 340 g/mol. The van der Waals surface area contributed by atoms with E-state index >= 15 is 0 Å². The molecule has 0 saturated heterocycles. The molecule has 0 fully saturated rings. The smallest absolute Gasteiger partial charge is 0.290 e. The van der Waals surface area contributed by atoms with Crippen LogP contribution in [0.3, 0.4) is 0 Å². The molecule has 0 spiro atoms. The van der Waals surface area contributed by atoms with Gasteiger partial charge in [-0.25, -0.2) is 0 Å². The minimum absolute atomic E-state index is 0.108. The van der Waals surface area contributed by atoms with Gasteiger partial charge >= 0.3 is 0 Å². The molecule has 1 atom stereocenters. The van der Waals surface area contributed by atoms with E-state index in [9.17, 15) is 14.7 Å². The van der Waals surface area contributed by atoms with Crippen LogP contribution in [-0.4, -0.2) is 26.7 Å². The van der Waals surface area contributed by atoms with E-state index in [1.807, 2.05) is 0 Å². The van der Waals surface area contributed by atoms with Crippen LogP contribution in [0.1, 0.15) is 38.1 Å². The number of carbonyl (C=O) groups is 2. The number of ketones is 1. The molecule has 2 aromatic heterocycles. The zero-order chi connectivity index (χ0) is 18.2. The summed E-state index contributed by atoms with van der Waals surface area (Å²) in [6.07, 6.45) is 4.73. The Labute approximate surface area is 145 Å². The molecule has 0 bridgehead atoms. The van der Waals surface area contributed by atoms with Crippen LogP contribution in [0, 0.1) is 5.41 Å². The normalized spacial score (nSPS) is 18.1. The largest absolute Gasteiger partial charge is 0.503 e. The van der Waals surface area contributed by atoms with Crippen molar-refractivity contribution in [2.45, 2.75) is 33.4 Å². The van der Waals surface area contributed by atoms with Crippen molar-refractivity contribution in [1.82, 2.24) is 9.88 Å². The van der Waals surface area contributed by atoms with Gasteiger partial charge in [0, 0.05) is 17.8 Å². The van der Waals surface area contributed by atoms with Crippen molar-refractivity contribution in [2.24, 2.45) is 5.41 Å². The molecule has 25 heavy (non-hydrogen) atoms. The van der Waals surface area contributed by atoms with Crippen LogP contribution in [0.4, 0.5) is 0 Å². The molecule has 0 aliphatic carbocycles. The molecule has 3 rings (SSSR count). The van der Waals surface area contributed by atoms with Gasteiger partial charge < -0.3 is 14.4 Å². The fraction of sp³-hybridized carbons (Fsp3) is 0.316. The molecule has 1 aliphatic heterocycles. The Balaban J connectivity index is 2.08. The Bertz CT molecular complexity index is 817. The van der Waals surface area contributed by atoms with Gasteiger partial charge in [0.1, 0.15) is 5.76 Å². The van der Waals surface area contributed by atoms with Crippen LogP contribution in [-0.2, 0) is 16.1 Å². The highest BCUT2D eigenvalue weighted by atomic mass is 16.3. The molecular weight excluding hydrogens is 320 g/mol. The molecule has 1 N–H and O–H groups in total. The second kappa shape index (κ2) is 6.20. The number of pyridine rings is 1. The standard InChI is InChI=1S/C19H20N2O4/c1-19(2,3)17(23)14-15(12-6-4-8-20-10-12)21(18(24)16(14)22)11-13-7-5-9-25-13/h4-10,15,22H,11H2,1-3H3. The van der Waals surface area contributed by atoms with Gasteiger partial charge in [0.2, 0.25) is 0 Å². The van der Waals surface area contributed by atoms with Crippen LogP contribution in [0.25, 0.3) is 0 Å². The molecule has 2 aromatic rings. The Hall–Kier alpha value is -2.89. The van der Waals surface area contributed by atoms with Crippen LogP contribution < -0.4 is 0 Å². The highest BCUT2D eigenvalue weighted by Gasteiger charge is 2.46. The van der Waals surface area contributed by atoms with E-state index in [2.05, 4.69) is 4.98 Å². The summed E-state index contributed by atoms with van der Waals surface area (Å²) in [6, 6.07) is 6.30. The second-order valence-corrected chi connectivity index (χ2v) is 7.04. The molecule has 1 amide bonds. The number of aromatic nitrogens is 1. The molecular formula is C19H20N2O4. The van der Waals surface area contributed by atoms with Crippen LogP contribution >= 0.6 is 0 Å². The highest BCUT2D eigenvalue weighted by Crippen LogP contribution is 2.41. The summed E-state index contributed by atoms with van der Waals surface area (Å²) in [6.45, 7) is 5.43. The molecule has 6 nitrogen and oxygen atoms in total. The van der Waals surface area contributed by atoms with E-state index in [4.69, 9.17) is 4.42 Å². The zero-order valence-corrected chi connectivity index (χ0v) is 14.4. The topological polar surface area (TPSA) is 83.6 Å². The van der Waals surface area contributed by atoms with E-state index in [1.54, 1.807) is 57.4 Å². The SMILES string of the molecule is CC(C)(C)C(=O)C1=C(O)C(=O)N(Cc2ccco2)C1c1cccnc1. The van der Waals surface area contributed by atoms with Crippen LogP contribution in [0.2, 0.25) is 0 Å². The number of aliphatic hydroxyl groups is 1. The Morgan fingerprint density at radius 3 is 2.64 bits per heavy atom. The van der Waals surface area contributed by atoms with Crippen LogP contribution in [0.15, 0.2) is 58.7 Å². The average Bonchev–Trinajstić information content (AvgIpc) is 3.16. The summed E-state index contributed by atoms with van der Waals surface area (Å²) in [5.41, 5.74) is 0.0428. The summed E-state index contributed by atoms with van der Waals surface area (Å²) >= 11 is 0. The van der Waals surface area contributed by atoms with E-state index in [1.165, 1.54) is 11.2 Å². The lowest BCUT2D eigenvalue weighted by Gasteiger charge is -2.28. The number of carbonyl (C=O) groups excluding carboxylic acids is 2. The third-order valence-electron chi connectivity index (χ3n) is 4.14. The van der Waals surface area contributed by atoms with E-state index in [0.29, 0.717) is 11.3 Å². The van der Waals surface area contributed by atoms with Crippen LogP contribution in [0.5, 0.6) is 0 Å². The molecule has 130 valence electrons. The van der Waals surface area contributed by atoms with Gasteiger partial charge in [-0.05, 0) is 23.8 Å². The molecule has 0 saturated carbocycles. The molecule has 1 unspecified atom stereocenters. The quantitative estimate of drug-likeness (QED) is 0.924. The number of hydrogen-bond donors (Lipinski definition) is 1. The number of amides is 1. The Morgan fingerprint density at radius 2 is 2.08 bits per heavy atom. The molecule has 0 radical (unpaired) electrons. The van der Waals surface area contributed by atoms with Gasteiger partial charge in [0.05, 0.1) is 24.4 Å². The summed E-state index contributed by atoms with van der Waals surface area (Å²) in [5, 5.41) is 10.4. The first-order chi connectivity index (χ1) is 11.8. The van der Waals surface area contributed by atoms with Crippen molar-refractivity contribution in [3.63, 3.8) is 0 Å². The highest BCUT2D eigenvalue weighted by molar-refractivity contribution is 6.10. The predicted molar refractivity (Wildman–Crippen MR) is 90.4 cm³/mol. The number of aliphatic hydroxyl groups excluding tert-OH is 1. The summed E-state index contributed by atoms with van der Waals surface area (Å²) < 4.78 is 5.33. The lowest BCUT2D eigenvalue weighted by molar-refractivity contribution is -0.130. The number of Topliss-reactive ketones (excluding diaryl/α,β-unsaturated/α-hetero) is 1. The fourth-order valence-corrected chi connectivity index (χ4v) is 2.91. The number of nitrogens with zero attached hydrogens (tertiary/aromatic N) is 2. The van der Waals surface area contributed by atoms with Crippen molar-refractivity contribution in [1.29, 1.82) is 0 Å². The van der Waals surface area contributed by atoms with Crippen molar-refractivity contribution in [3.05, 3.63) is 65.6 Å². The minimum atomic E-state index is -0.731. The molecule has 1 aliphatic rings. The summed E-state index contributed by atoms with van der Waals surface area (Å²) in [7, 11) is 0. The van der Waals surface area contributed by atoms with Gasteiger partial charge in [0.25, 0.3) is 5.91 Å². The van der Waals surface area contributed by atoms with Crippen molar-refractivity contribution >= 4 is 11.7 Å². The number of hydrogen-bond acceptors (Lipinski definition) is 5. The number of furan rings is 1. The third-order valence-corrected chi connectivity index (χ3v) is 4.14. The third kappa shape index (κ3) is 3.07. The summed E-state index contributed by atoms with van der Waals surface area (Å²) in [5.74, 6) is -0.785. The van der Waals surface area contributed by atoms with Gasteiger partial charge in [-0.3, -0.25) is 14.6 Å². The van der Waals surface area contributed by atoms with E-state index in [-0.39, 0.29) is 17.9 Å². The lowest BCUT2D eigenvalue weighted by Crippen LogP contribution is -2.32. The Kier molecular flexibility index (Phi) is 4.20. The minimum Gasteiger partial charge on any atom is -0.503 e. The zero-order valence-electron chi connectivity index (χ0n) is 14.4. The van der Waals surface area contributed by atoms with E-state index < -0.39 is 23.1 Å². The van der Waals surface area contributed by atoms with Crippen molar-refractivity contribution in [2.75, 3.05) is 0 Å².